The van der Waals surface area contributed by atoms with Gasteiger partial charge >= 0.3 is 0 Å². The van der Waals surface area contributed by atoms with Gasteiger partial charge in [0.2, 0.25) is 0 Å². The van der Waals surface area contributed by atoms with Crippen LogP contribution in [0.15, 0.2) is 12.1 Å². The molecule has 0 aliphatic rings. The third-order valence-corrected chi connectivity index (χ3v) is 2.58. The molecule has 0 spiro atoms. The summed E-state index contributed by atoms with van der Waals surface area (Å²) in [6.45, 7) is 3.98. The van der Waals surface area contributed by atoms with Crippen LogP contribution in [0.1, 0.15) is 35.7 Å². The lowest BCUT2D eigenvalue weighted by Crippen LogP contribution is -2.19. The van der Waals surface area contributed by atoms with Crippen LogP contribution in [0.5, 0.6) is 5.75 Å². The lowest BCUT2D eigenvalue weighted by atomic mass is 9.97. The molecule has 94 valence electrons. The van der Waals surface area contributed by atoms with E-state index < -0.39 is 0 Å². The number of hydrogen-bond donors (Lipinski definition) is 1. The molecule has 0 unspecified atom stereocenters. The van der Waals surface area contributed by atoms with E-state index in [2.05, 4.69) is 5.32 Å². The van der Waals surface area contributed by atoms with Crippen molar-refractivity contribution in [1.29, 1.82) is 0 Å². The number of halogens is 1. The maximum Gasteiger partial charge on any atom is 0.180 e. The van der Waals surface area contributed by atoms with Crippen molar-refractivity contribution < 1.29 is 13.9 Å². The van der Waals surface area contributed by atoms with Gasteiger partial charge in [-0.1, -0.05) is 13.8 Å². The summed E-state index contributed by atoms with van der Waals surface area (Å²) < 4.78 is 18.7. The van der Waals surface area contributed by atoms with E-state index in [0.717, 1.165) is 0 Å². The topological polar surface area (TPSA) is 38.3 Å². The second-order valence-corrected chi connectivity index (χ2v) is 4.18. The van der Waals surface area contributed by atoms with Gasteiger partial charge in [0.25, 0.3) is 0 Å². The number of carbonyl (C=O) groups excluding carboxylic acids is 1. The van der Waals surface area contributed by atoms with Crippen LogP contribution in [0.4, 0.5) is 4.39 Å². The van der Waals surface area contributed by atoms with Crippen molar-refractivity contribution in [2.24, 2.45) is 0 Å². The molecule has 1 rings (SSSR count). The van der Waals surface area contributed by atoms with Gasteiger partial charge in [0.15, 0.2) is 5.78 Å². The van der Waals surface area contributed by atoms with E-state index in [0.29, 0.717) is 11.1 Å². The SMILES string of the molecule is CNCC(=O)c1cc(C(C)C)c(F)cc1OC. The highest BCUT2D eigenvalue weighted by Crippen LogP contribution is 2.27. The number of Topliss-reactive ketones (excluding diaryl/α,β-unsaturated/α-hetero) is 1. The number of ketones is 1. The molecule has 0 saturated carbocycles. The van der Waals surface area contributed by atoms with Gasteiger partial charge in [-0.25, -0.2) is 4.39 Å². The Morgan fingerprint density at radius 1 is 1.47 bits per heavy atom. The van der Waals surface area contributed by atoms with Crippen molar-refractivity contribution >= 4 is 5.78 Å². The average Bonchev–Trinajstić information content (AvgIpc) is 2.28. The Labute approximate surface area is 101 Å². The van der Waals surface area contributed by atoms with Crippen LogP contribution in [0.25, 0.3) is 0 Å². The quantitative estimate of drug-likeness (QED) is 0.802. The third kappa shape index (κ3) is 3.03. The first-order chi connectivity index (χ1) is 8.01. The number of likely N-dealkylation sites (N-methyl/N-ethyl adjacent to an activating group) is 1. The van der Waals surface area contributed by atoms with E-state index in [-0.39, 0.29) is 29.8 Å². The third-order valence-electron chi connectivity index (χ3n) is 2.58. The zero-order valence-corrected chi connectivity index (χ0v) is 10.6. The summed E-state index contributed by atoms with van der Waals surface area (Å²) in [5.74, 6) is -0.127. The van der Waals surface area contributed by atoms with Gasteiger partial charge in [-0.2, -0.15) is 0 Å². The minimum absolute atomic E-state index is 0.0297. The van der Waals surface area contributed by atoms with Gasteiger partial charge in [0, 0.05) is 6.07 Å². The molecule has 17 heavy (non-hydrogen) atoms. The second kappa shape index (κ2) is 5.77. The summed E-state index contributed by atoms with van der Waals surface area (Å²) in [5, 5.41) is 2.78. The maximum absolute atomic E-state index is 13.7. The Morgan fingerprint density at radius 3 is 2.59 bits per heavy atom. The standard InChI is InChI=1S/C13H18FNO2/c1-8(2)9-5-10(12(16)7-15-3)13(17-4)6-11(9)14/h5-6,8,15H,7H2,1-4H3. The molecule has 4 heteroatoms. The summed E-state index contributed by atoms with van der Waals surface area (Å²) in [4.78, 5) is 11.8. The number of nitrogens with one attached hydrogen (secondary N) is 1. The molecule has 3 nitrogen and oxygen atoms in total. The fourth-order valence-electron chi connectivity index (χ4n) is 1.66. The lowest BCUT2D eigenvalue weighted by Gasteiger charge is -2.13. The first-order valence-corrected chi connectivity index (χ1v) is 5.56. The van der Waals surface area contributed by atoms with E-state index in [1.807, 2.05) is 13.8 Å². The molecule has 0 aliphatic carbocycles. The van der Waals surface area contributed by atoms with Crippen LogP contribution < -0.4 is 10.1 Å². The smallest absolute Gasteiger partial charge is 0.180 e. The number of methoxy groups -OCH3 is 1. The number of hydrogen-bond acceptors (Lipinski definition) is 3. The van der Waals surface area contributed by atoms with Crippen LogP contribution in [0.3, 0.4) is 0 Å². The zero-order valence-electron chi connectivity index (χ0n) is 10.6. The molecule has 0 heterocycles. The summed E-state index contributed by atoms with van der Waals surface area (Å²) in [7, 11) is 3.12. The van der Waals surface area contributed by atoms with Crippen LogP contribution in [-0.2, 0) is 0 Å². The Balaban J connectivity index is 3.26. The second-order valence-electron chi connectivity index (χ2n) is 4.18. The molecule has 0 radical (unpaired) electrons. The van der Waals surface area contributed by atoms with Gasteiger partial charge in [-0.15, -0.1) is 0 Å². The first-order valence-electron chi connectivity index (χ1n) is 5.56. The Hall–Kier alpha value is -1.42. The van der Waals surface area contributed by atoms with Crippen LogP contribution in [0, 0.1) is 5.82 Å². The molecule has 0 aromatic heterocycles. The molecule has 0 saturated heterocycles. The van der Waals surface area contributed by atoms with Gasteiger partial charge in [0.05, 0.1) is 19.2 Å². The monoisotopic (exact) mass is 239 g/mol. The molecule has 0 atom stereocenters. The molecule has 1 N–H and O–H groups in total. The molecule has 0 bridgehead atoms. The van der Waals surface area contributed by atoms with Crippen molar-refractivity contribution in [3.8, 4) is 5.75 Å². The van der Waals surface area contributed by atoms with Crippen LogP contribution >= 0.6 is 0 Å². The Bertz CT molecular complexity index is 416. The zero-order chi connectivity index (χ0) is 13.0. The van der Waals surface area contributed by atoms with Gasteiger partial charge < -0.3 is 10.1 Å². The van der Waals surface area contributed by atoms with E-state index in [1.54, 1.807) is 13.1 Å². The first kappa shape index (κ1) is 13.6. The molecule has 0 aliphatic heterocycles. The molecular weight excluding hydrogens is 221 g/mol. The molecule has 1 aromatic carbocycles. The Morgan fingerprint density at radius 2 is 2.12 bits per heavy atom. The van der Waals surface area contributed by atoms with Gasteiger partial charge in [-0.05, 0) is 24.6 Å². The molecule has 1 aromatic rings. The predicted molar refractivity (Wildman–Crippen MR) is 65.3 cm³/mol. The maximum atomic E-state index is 13.7. The highest BCUT2D eigenvalue weighted by Gasteiger charge is 2.17. The van der Waals surface area contributed by atoms with Crippen molar-refractivity contribution in [3.63, 3.8) is 0 Å². The van der Waals surface area contributed by atoms with Gasteiger partial charge in [0.1, 0.15) is 11.6 Å². The number of carbonyl (C=O) groups is 1. The number of ether oxygens (including phenoxy) is 1. The molecule has 0 amide bonds. The summed E-state index contributed by atoms with van der Waals surface area (Å²) in [6, 6.07) is 2.86. The predicted octanol–water partition coefficient (Wildman–Crippen LogP) is 2.36. The van der Waals surface area contributed by atoms with Crippen molar-refractivity contribution in [3.05, 3.63) is 29.1 Å². The van der Waals surface area contributed by atoms with Crippen molar-refractivity contribution in [1.82, 2.24) is 5.32 Å². The number of rotatable bonds is 5. The van der Waals surface area contributed by atoms with Crippen LogP contribution in [-0.4, -0.2) is 26.5 Å². The van der Waals surface area contributed by atoms with E-state index in [4.69, 9.17) is 4.74 Å². The van der Waals surface area contributed by atoms with E-state index in [9.17, 15) is 9.18 Å². The fraction of sp³-hybridized carbons (Fsp3) is 0.462. The Kier molecular flexibility index (Phi) is 4.63. The molecule has 0 fully saturated rings. The minimum Gasteiger partial charge on any atom is -0.496 e. The fourth-order valence-corrected chi connectivity index (χ4v) is 1.66. The highest BCUT2D eigenvalue weighted by atomic mass is 19.1. The summed E-state index contributed by atoms with van der Waals surface area (Å²) in [6.07, 6.45) is 0. The van der Waals surface area contributed by atoms with Crippen molar-refractivity contribution in [2.45, 2.75) is 19.8 Å². The van der Waals surface area contributed by atoms with Crippen molar-refractivity contribution in [2.75, 3.05) is 20.7 Å². The highest BCUT2D eigenvalue weighted by molar-refractivity contribution is 6.00. The van der Waals surface area contributed by atoms with Crippen LogP contribution in [0.2, 0.25) is 0 Å². The largest absolute Gasteiger partial charge is 0.496 e. The summed E-state index contributed by atoms with van der Waals surface area (Å²) >= 11 is 0. The average molecular weight is 239 g/mol. The summed E-state index contributed by atoms with van der Waals surface area (Å²) in [5.41, 5.74) is 0.956. The normalized spacial score (nSPS) is 10.7. The van der Waals surface area contributed by atoms with Gasteiger partial charge in [-0.3, -0.25) is 4.79 Å². The van der Waals surface area contributed by atoms with E-state index in [1.165, 1.54) is 13.2 Å². The number of benzene rings is 1. The molecular formula is C13H18FNO2. The lowest BCUT2D eigenvalue weighted by molar-refractivity contribution is 0.0990. The van der Waals surface area contributed by atoms with E-state index >= 15 is 0 Å². The minimum atomic E-state index is -0.335.